The Labute approximate surface area is 111 Å². The van der Waals surface area contributed by atoms with Crippen LogP contribution in [0, 0.1) is 5.82 Å². The minimum atomic E-state index is -3.77. The maximum atomic E-state index is 13.1. The highest BCUT2D eigenvalue weighted by molar-refractivity contribution is 7.89. The predicted octanol–water partition coefficient (Wildman–Crippen LogP) is 0.0852. The molecule has 0 amide bonds. The van der Waals surface area contributed by atoms with Crippen LogP contribution in [0.15, 0.2) is 23.1 Å². The van der Waals surface area contributed by atoms with Crippen LogP contribution in [-0.2, 0) is 14.8 Å². The van der Waals surface area contributed by atoms with Crippen LogP contribution in [0.25, 0.3) is 0 Å². The third kappa shape index (κ3) is 5.52. The molecule has 19 heavy (non-hydrogen) atoms. The molecule has 0 aliphatic rings. The van der Waals surface area contributed by atoms with Gasteiger partial charge in [0.2, 0.25) is 10.0 Å². The van der Waals surface area contributed by atoms with Crippen LogP contribution >= 0.6 is 0 Å². The normalized spacial score (nSPS) is 11.7. The Morgan fingerprint density at radius 3 is 2.68 bits per heavy atom. The second-order valence-corrected chi connectivity index (χ2v) is 5.57. The van der Waals surface area contributed by atoms with Gasteiger partial charge < -0.3 is 15.6 Å². The molecule has 0 heterocycles. The van der Waals surface area contributed by atoms with Gasteiger partial charge in [-0.05, 0) is 24.6 Å². The van der Waals surface area contributed by atoms with Crippen LogP contribution in [0.4, 0.5) is 10.1 Å². The molecule has 0 saturated carbocycles. The number of aliphatic hydroxyl groups excluding tert-OH is 1. The minimum absolute atomic E-state index is 0.0478. The van der Waals surface area contributed by atoms with Crippen molar-refractivity contribution in [1.29, 1.82) is 0 Å². The molecule has 0 unspecified atom stereocenters. The van der Waals surface area contributed by atoms with E-state index in [0.29, 0.717) is 13.0 Å². The highest BCUT2D eigenvalue weighted by Gasteiger charge is 2.14. The summed E-state index contributed by atoms with van der Waals surface area (Å²) in [6.45, 7) is 0.625. The van der Waals surface area contributed by atoms with Crippen molar-refractivity contribution in [1.82, 2.24) is 4.72 Å². The Hall–Kier alpha value is -1.22. The predicted molar refractivity (Wildman–Crippen MR) is 68.5 cm³/mol. The number of hydrogen-bond donors (Lipinski definition) is 3. The molecule has 1 rings (SSSR count). The number of hydrogen-bond acceptors (Lipinski definition) is 5. The molecular weight excluding hydrogens is 275 g/mol. The van der Waals surface area contributed by atoms with Crippen LogP contribution in [0.1, 0.15) is 6.42 Å². The molecule has 0 bridgehead atoms. The first-order valence-electron chi connectivity index (χ1n) is 5.70. The van der Waals surface area contributed by atoms with Crippen LogP contribution in [0.3, 0.4) is 0 Å². The van der Waals surface area contributed by atoms with Crippen molar-refractivity contribution >= 4 is 15.7 Å². The number of nitrogens with one attached hydrogen (secondary N) is 1. The largest absolute Gasteiger partial charge is 0.399 e. The molecule has 0 aliphatic heterocycles. The fourth-order valence-corrected chi connectivity index (χ4v) is 2.51. The summed E-state index contributed by atoms with van der Waals surface area (Å²) in [7, 11) is -3.77. The first-order chi connectivity index (χ1) is 8.95. The van der Waals surface area contributed by atoms with E-state index in [0.717, 1.165) is 12.1 Å². The van der Waals surface area contributed by atoms with Crippen molar-refractivity contribution in [3.63, 3.8) is 0 Å². The highest BCUT2D eigenvalue weighted by Crippen LogP contribution is 2.15. The Balaban J connectivity index is 2.51. The smallest absolute Gasteiger partial charge is 0.240 e. The second kappa shape index (κ2) is 7.39. The van der Waals surface area contributed by atoms with E-state index in [1.54, 1.807) is 0 Å². The summed E-state index contributed by atoms with van der Waals surface area (Å²) in [5.41, 5.74) is 5.44. The van der Waals surface area contributed by atoms with Gasteiger partial charge in [0.25, 0.3) is 0 Å². The lowest BCUT2D eigenvalue weighted by Crippen LogP contribution is -2.26. The van der Waals surface area contributed by atoms with Gasteiger partial charge >= 0.3 is 0 Å². The number of aliphatic hydroxyl groups is 1. The monoisotopic (exact) mass is 292 g/mol. The fraction of sp³-hybridized carbons (Fsp3) is 0.455. The zero-order chi connectivity index (χ0) is 14.3. The summed E-state index contributed by atoms with van der Waals surface area (Å²) in [5, 5.41) is 8.47. The Morgan fingerprint density at radius 1 is 1.32 bits per heavy atom. The molecule has 4 N–H and O–H groups in total. The van der Waals surface area contributed by atoms with Crippen molar-refractivity contribution in [3.05, 3.63) is 24.0 Å². The van der Waals surface area contributed by atoms with Crippen LogP contribution in [0.2, 0.25) is 0 Å². The lowest BCUT2D eigenvalue weighted by Gasteiger charge is -2.08. The average molecular weight is 292 g/mol. The van der Waals surface area contributed by atoms with Gasteiger partial charge in [-0.1, -0.05) is 0 Å². The van der Waals surface area contributed by atoms with E-state index < -0.39 is 15.8 Å². The third-order valence-electron chi connectivity index (χ3n) is 2.20. The number of halogens is 1. The van der Waals surface area contributed by atoms with E-state index >= 15 is 0 Å². The van der Waals surface area contributed by atoms with Crippen LogP contribution in [-0.4, -0.2) is 39.9 Å². The van der Waals surface area contributed by atoms with E-state index in [-0.39, 0.29) is 30.3 Å². The molecule has 0 saturated heterocycles. The summed E-state index contributed by atoms with van der Waals surface area (Å²) in [4.78, 5) is -0.207. The van der Waals surface area contributed by atoms with E-state index in [2.05, 4.69) is 4.72 Å². The van der Waals surface area contributed by atoms with Crippen molar-refractivity contribution in [3.8, 4) is 0 Å². The number of benzene rings is 1. The molecule has 1 aromatic rings. The van der Waals surface area contributed by atoms with E-state index in [1.165, 1.54) is 6.07 Å². The van der Waals surface area contributed by atoms with Crippen molar-refractivity contribution in [2.24, 2.45) is 0 Å². The van der Waals surface area contributed by atoms with Gasteiger partial charge in [-0.25, -0.2) is 17.5 Å². The number of nitrogens with two attached hydrogens (primary N) is 1. The molecule has 0 atom stereocenters. The van der Waals surface area contributed by atoms with E-state index in [1.807, 2.05) is 0 Å². The SMILES string of the molecule is Nc1cc(F)cc(S(=O)(=O)NCCCOCCO)c1. The standard InChI is InChI=1S/C11H17FN2O4S/c12-9-6-10(13)8-11(7-9)19(16,17)14-2-1-4-18-5-3-15/h6-8,14-15H,1-5,13H2. The zero-order valence-electron chi connectivity index (χ0n) is 10.3. The van der Waals surface area contributed by atoms with Crippen molar-refractivity contribution in [2.45, 2.75) is 11.3 Å². The molecule has 0 fully saturated rings. The van der Waals surface area contributed by atoms with Gasteiger partial charge in [-0.2, -0.15) is 0 Å². The van der Waals surface area contributed by atoms with E-state index in [4.69, 9.17) is 15.6 Å². The van der Waals surface area contributed by atoms with Crippen LogP contribution in [0.5, 0.6) is 0 Å². The first-order valence-corrected chi connectivity index (χ1v) is 7.18. The number of sulfonamides is 1. The molecular formula is C11H17FN2O4S. The number of nitrogen functional groups attached to an aromatic ring is 1. The molecule has 0 aliphatic carbocycles. The summed E-state index contributed by atoms with van der Waals surface area (Å²) in [6.07, 6.45) is 0.448. The number of rotatable bonds is 8. The molecule has 6 nitrogen and oxygen atoms in total. The quantitative estimate of drug-likeness (QED) is 0.465. The third-order valence-corrected chi connectivity index (χ3v) is 3.64. The van der Waals surface area contributed by atoms with E-state index in [9.17, 15) is 12.8 Å². The molecule has 0 spiro atoms. The van der Waals surface area contributed by atoms with Crippen molar-refractivity contribution < 1.29 is 22.7 Å². The van der Waals surface area contributed by atoms with Gasteiger partial charge in [-0.3, -0.25) is 0 Å². The van der Waals surface area contributed by atoms with Crippen LogP contribution < -0.4 is 10.5 Å². The van der Waals surface area contributed by atoms with Gasteiger partial charge in [0.15, 0.2) is 0 Å². The second-order valence-electron chi connectivity index (χ2n) is 3.81. The number of ether oxygens (including phenoxy) is 1. The van der Waals surface area contributed by atoms with Gasteiger partial charge in [-0.15, -0.1) is 0 Å². The maximum absolute atomic E-state index is 13.1. The van der Waals surface area contributed by atoms with Gasteiger partial charge in [0.05, 0.1) is 18.1 Å². The Morgan fingerprint density at radius 2 is 2.05 bits per heavy atom. The Bertz CT molecular complexity index is 487. The highest BCUT2D eigenvalue weighted by atomic mass is 32.2. The summed E-state index contributed by atoms with van der Waals surface area (Å²) in [6, 6.07) is 3.14. The first kappa shape index (κ1) is 15.8. The lowest BCUT2D eigenvalue weighted by atomic mass is 10.3. The summed E-state index contributed by atoms with van der Waals surface area (Å²) < 4.78 is 44.0. The zero-order valence-corrected chi connectivity index (χ0v) is 11.1. The summed E-state index contributed by atoms with van der Waals surface area (Å²) >= 11 is 0. The summed E-state index contributed by atoms with van der Waals surface area (Å²) in [5.74, 6) is -0.702. The topological polar surface area (TPSA) is 102 Å². The molecule has 0 radical (unpaired) electrons. The molecule has 0 aromatic heterocycles. The molecule has 108 valence electrons. The maximum Gasteiger partial charge on any atom is 0.240 e. The molecule has 1 aromatic carbocycles. The minimum Gasteiger partial charge on any atom is -0.399 e. The van der Waals surface area contributed by atoms with Gasteiger partial charge in [0, 0.05) is 18.8 Å². The number of anilines is 1. The Kier molecular flexibility index (Phi) is 6.16. The van der Waals surface area contributed by atoms with Gasteiger partial charge in [0.1, 0.15) is 5.82 Å². The molecule has 8 heteroatoms. The fourth-order valence-electron chi connectivity index (χ4n) is 1.37. The average Bonchev–Trinajstić information content (AvgIpc) is 2.32. The lowest BCUT2D eigenvalue weighted by molar-refractivity contribution is 0.0913. The van der Waals surface area contributed by atoms with Crippen molar-refractivity contribution in [2.75, 3.05) is 32.1 Å².